The summed E-state index contributed by atoms with van der Waals surface area (Å²) in [7, 11) is 0. The second-order valence-electron chi connectivity index (χ2n) is 5.72. The van der Waals surface area contributed by atoms with Gasteiger partial charge in [-0.1, -0.05) is 25.1 Å². The second kappa shape index (κ2) is 6.81. The lowest BCUT2D eigenvalue weighted by Gasteiger charge is -2.27. The van der Waals surface area contributed by atoms with Gasteiger partial charge in [-0.25, -0.2) is 0 Å². The Bertz CT molecular complexity index is 696. The minimum Gasteiger partial charge on any atom is -0.493 e. The summed E-state index contributed by atoms with van der Waals surface area (Å²) < 4.78 is 7.83. The van der Waals surface area contributed by atoms with Crippen LogP contribution in [0.2, 0.25) is 0 Å². The zero-order chi connectivity index (χ0) is 16.2. The predicted octanol–water partition coefficient (Wildman–Crippen LogP) is 1.96. The van der Waals surface area contributed by atoms with Gasteiger partial charge < -0.3 is 14.2 Å². The fraction of sp³-hybridized carbons (Fsp3) is 0.471. The Balaban J connectivity index is 1.52. The Hall–Kier alpha value is -2.37. The highest BCUT2D eigenvalue weighted by molar-refractivity contribution is 5.76. The van der Waals surface area contributed by atoms with Crippen molar-refractivity contribution in [2.75, 3.05) is 13.2 Å². The summed E-state index contributed by atoms with van der Waals surface area (Å²) in [5.41, 5.74) is 1.08. The fourth-order valence-corrected chi connectivity index (χ4v) is 2.82. The van der Waals surface area contributed by atoms with Crippen LogP contribution in [0.1, 0.15) is 30.6 Å². The van der Waals surface area contributed by atoms with Crippen LogP contribution in [0.4, 0.5) is 0 Å². The number of aryl methyl sites for hydroxylation is 2. The van der Waals surface area contributed by atoms with Gasteiger partial charge in [-0.15, -0.1) is 10.2 Å². The van der Waals surface area contributed by atoms with Crippen molar-refractivity contribution in [3.8, 4) is 5.75 Å². The van der Waals surface area contributed by atoms with Crippen LogP contribution in [0, 0.1) is 6.92 Å². The first-order chi connectivity index (χ1) is 11.2. The molecule has 0 unspecified atom stereocenters. The average molecular weight is 314 g/mol. The van der Waals surface area contributed by atoms with E-state index in [0.29, 0.717) is 26.1 Å². The van der Waals surface area contributed by atoms with Gasteiger partial charge in [0.25, 0.3) is 0 Å². The first-order valence-corrected chi connectivity index (χ1v) is 8.06. The van der Waals surface area contributed by atoms with Gasteiger partial charge in [0.15, 0.2) is 5.82 Å². The Morgan fingerprint density at radius 1 is 1.26 bits per heavy atom. The number of fused-ring (bicyclic) bond motifs is 1. The molecule has 1 aliphatic heterocycles. The average Bonchev–Trinajstić information content (AvgIpc) is 2.98. The lowest BCUT2D eigenvalue weighted by atomic mass is 10.2. The highest BCUT2D eigenvalue weighted by atomic mass is 16.5. The molecule has 0 saturated carbocycles. The molecule has 6 heteroatoms. The smallest absolute Gasteiger partial charge is 0.226 e. The summed E-state index contributed by atoms with van der Waals surface area (Å²) in [6.07, 6.45) is 1.24. The van der Waals surface area contributed by atoms with Crippen LogP contribution in [-0.2, 0) is 24.3 Å². The largest absolute Gasteiger partial charge is 0.493 e. The minimum absolute atomic E-state index is 0.103. The molecule has 122 valence electrons. The van der Waals surface area contributed by atoms with E-state index in [4.69, 9.17) is 4.74 Å². The summed E-state index contributed by atoms with van der Waals surface area (Å²) in [6, 6.07) is 7.84. The molecule has 0 radical (unpaired) electrons. The molecule has 1 amide bonds. The highest BCUT2D eigenvalue weighted by Gasteiger charge is 2.23. The van der Waals surface area contributed by atoms with Crippen LogP contribution in [-0.4, -0.2) is 38.7 Å². The predicted molar refractivity (Wildman–Crippen MR) is 86.1 cm³/mol. The van der Waals surface area contributed by atoms with E-state index in [0.717, 1.165) is 35.9 Å². The number of benzene rings is 1. The summed E-state index contributed by atoms with van der Waals surface area (Å²) in [6.45, 7) is 6.48. The van der Waals surface area contributed by atoms with Gasteiger partial charge in [0.1, 0.15) is 11.6 Å². The molecular formula is C17H22N4O2. The van der Waals surface area contributed by atoms with Crippen LogP contribution >= 0.6 is 0 Å². The van der Waals surface area contributed by atoms with Gasteiger partial charge in [0, 0.05) is 19.5 Å². The van der Waals surface area contributed by atoms with E-state index in [-0.39, 0.29) is 5.91 Å². The van der Waals surface area contributed by atoms with Crippen molar-refractivity contribution in [3.63, 3.8) is 0 Å². The van der Waals surface area contributed by atoms with E-state index >= 15 is 0 Å². The first-order valence-electron chi connectivity index (χ1n) is 8.06. The Labute approximate surface area is 136 Å². The maximum atomic E-state index is 12.3. The Kier molecular flexibility index (Phi) is 4.60. The molecule has 0 bridgehead atoms. The van der Waals surface area contributed by atoms with Crippen molar-refractivity contribution in [2.45, 2.75) is 39.8 Å². The molecular weight excluding hydrogens is 292 g/mol. The van der Waals surface area contributed by atoms with E-state index in [1.807, 2.05) is 36.1 Å². The topological polar surface area (TPSA) is 60.2 Å². The Morgan fingerprint density at radius 2 is 2.09 bits per heavy atom. The number of hydrogen-bond acceptors (Lipinski definition) is 4. The van der Waals surface area contributed by atoms with Crippen molar-refractivity contribution in [1.29, 1.82) is 0 Å². The van der Waals surface area contributed by atoms with Gasteiger partial charge in [-0.2, -0.15) is 0 Å². The molecule has 23 heavy (non-hydrogen) atoms. The maximum Gasteiger partial charge on any atom is 0.226 e. The van der Waals surface area contributed by atoms with E-state index in [9.17, 15) is 4.79 Å². The molecule has 1 aliphatic rings. The monoisotopic (exact) mass is 314 g/mol. The third kappa shape index (κ3) is 3.36. The molecule has 1 aromatic heterocycles. The van der Waals surface area contributed by atoms with Crippen molar-refractivity contribution in [1.82, 2.24) is 19.7 Å². The molecule has 0 fully saturated rings. The van der Waals surface area contributed by atoms with E-state index in [1.54, 1.807) is 0 Å². The number of hydrogen-bond donors (Lipinski definition) is 0. The zero-order valence-electron chi connectivity index (χ0n) is 13.7. The third-order valence-corrected chi connectivity index (χ3v) is 4.17. The molecule has 0 N–H and O–H groups in total. The summed E-state index contributed by atoms with van der Waals surface area (Å²) in [5.74, 6) is 2.81. The number of rotatable bonds is 5. The van der Waals surface area contributed by atoms with Crippen LogP contribution in [0.15, 0.2) is 24.3 Å². The Morgan fingerprint density at radius 3 is 2.87 bits per heavy atom. The lowest BCUT2D eigenvalue weighted by Crippen LogP contribution is -2.39. The number of para-hydroxylation sites is 1. The van der Waals surface area contributed by atoms with Crippen LogP contribution in [0.5, 0.6) is 5.75 Å². The van der Waals surface area contributed by atoms with Crippen LogP contribution in [0.3, 0.4) is 0 Å². The molecule has 2 heterocycles. The number of ether oxygens (including phenoxy) is 1. The summed E-state index contributed by atoms with van der Waals surface area (Å²) >= 11 is 0. The van der Waals surface area contributed by atoms with Crippen molar-refractivity contribution in [2.24, 2.45) is 0 Å². The van der Waals surface area contributed by atoms with Gasteiger partial charge in [-0.3, -0.25) is 4.79 Å². The van der Waals surface area contributed by atoms with Gasteiger partial charge in [0.2, 0.25) is 5.91 Å². The molecule has 0 saturated heterocycles. The van der Waals surface area contributed by atoms with Gasteiger partial charge in [-0.05, 0) is 18.6 Å². The number of carbonyl (C=O) groups is 1. The van der Waals surface area contributed by atoms with Crippen molar-refractivity contribution >= 4 is 5.91 Å². The molecule has 3 rings (SSSR count). The number of amides is 1. The normalized spacial score (nSPS) is 13.7. The van der Waals surface area contributed by atoms with Crippen LogP contribution < -0.4 is 4.74 Å². The van der Waals surface area contributed by atoms with E-state index in [2.05, 4.69) is 21.7 Å². The summed E-state index contributed by atoms with van der Waals surface area (Å²) in [5, 5.41) is 8.36. The van der Waals surface area contributed by atoms with E-state index < -0.39 is 0 Å². The van der Waals surface area contributed by atoms with Gasteiger partial charge >= 0.3 is 0 Å². The first kappa shape index (κ1) is 15.5. The molecule has 2 aromatic rings. The third-order valence-electron chi connectivity index (χ3n) is 4.17. The molecule has 6 nitrogen and oxygen atoms in total. The lowest BCUT2D eigenvalue weighted by molar-refractivity contribution is -0.133. The standard InChI is InChI=1S/C17H22N4O2/c1-3-15-18-19-16-12-20(9-10-21(15)16)17(22)8-11-23-14-7-5-4-6-13(14)2/h4-7H,3,8-12H2,1-2H3. The number of nitrogens with zero attached hydrogens (tertiary/aromatic N) is 4. The maximum absolute atomic E-state index is 12.3. The quantitative estimate of drug-likeness (QED) is 0.846. The van der Waals surface area contributed by atoms with E-state index in [1.165, 1.54) is 0 Å². The van der Waals surface area contributed by atoms with Crippen molar-refractivity contribution in [3.05, 3.63) is 41.5 Å². The molecule has 0 spiro atoms. The van der Waals surface area contributed by atoms with Gasteiger partial charge in [0.05, 0.1) is 19.6 Å². The minimum atomic E-state index is 0.103. The highest BCUT2D eigenvalue weighted by Crippen LogP contribution is 2.17. The second-order valence-corrected chi connectivity index (χ2v) is 5.72. The fourth-order valence-electron chi connectivity index (χ4n) is 2.82. The van der Waals surface area contributed by atoms with Crippen molar-refractivity contribution < 1.29 is 9.53 Å². The summed E-state index contributed by atoms with van der Waals surface area (Å²) in [4.78, 5) is 14.2. The number of aromatic nitrogens is 3. The zero-order valence-corrected chi connectivity index (χ0v) is 13.7. The van der Waals surface area contributed by atoms with Crippen LogP contribution in [0.25, 0.3) is 0 Å². The SMILES string of the molecule is CCc1nnc2n1CCN(C(=O)CCOc1ccccc1C)C2. The number of carbonyl (C=O) groups excluding carboxylic acids is 1. The molecule has 1 aromatic carbocycles. The molecule has 0 atom stereocenters. The molecule has 0 aliphatic carbocycles.